The Kier molecular flexibility index (Phi) is 8.16. The molecular weight excluding hydrogens is 332 g/mol. The maximum absolute atomic E-state index is 5.32. The quantitative estimate of drug-likeness (QED) is 0.520. The lowest BCUT2D eigenvalue weighted by Gasteiger charge is -2.29. The molecule has 0 aliphatic heterocycles. The van der Waals surface area contributed by atoms with Crippen molar-refractivity contribution in [3.05, 3.63) is 15.6 Å². The fourth-order valence-electron chi connectivity index (χ4n) is 3.66. The third-order valence-corrected chi connectivity index (χ3v) is 6.33. The molecule has 1 saturated carbocycles. The number of ether oxygens (including phenoxy) is 1. The molecule has 0 amide bonds. The molecule has 1 fully saturated rings. The van der Waals surface area contributed by atoms with Crippen LogP contribution in [0.3, 0.4) is 0 Å². The van der Waals surface area contributed by atoms with E-state index in [1.54, 1.807) is 7.11 Å². The zero-order chi connectivity index (χ0) is 18.1. The Morgan fingerprint density at radius 3 is 2.68 bits per heavy atom. The van der Waals surface area contributed by atoms with Crippen molar-refractivity contribution in [2.45, 2.75) is 58.8 Å². The summed E-state index contributed by atoms with van der Waals surface area (Å²) >= 11 is 1.82. The molecule has 1 aromatic rings. The van der Waals surface area contributed by atoms with Crippen LogP contribution in [-0.2, 0) is 17.6 Å². The average Bonchev–Trinajstić information content (AvgIpc) is 3.23. The molecule has 25 heavy (non-hydrogen) atoms. The number of rotatable bonds is 9. The molecule has 5 nitrogen and oxygen atoms in total. The molecule has 0 radical (unpaired) electrons. The molecule has 2 rings (SSSR count). The van der Waals surface area contributed by atoms with Crippen LogP contribution in [0.15, 0.2) is 4.99 Å². The molecule has 6 heteroatoms. The van der Waals surface area contributed by atoms with E-state index < -0.39 is 0 Å². The van der Waals surface area contributed by atoms with Gasteiger partial charge in [-0.05, 0) is 38.0 Å². The lowest BCUT2D eigenvalue weighted by Crippen LogP contribution is -2.43. The molecule has 1 aliphatic rings. The number of nitrogens with zero attached hydrogens (tertiary/aromatic N) is 2. The molecule has 0 atom stereocenters. The zero-order valence-electron chi connectivity index (χ0n) is 16.3. The Morgan fingerprint density at radius 2 is 2.08 bits per heavy atom. The van der Waals surface area contributed by atoms with Gasteiger partial charge in [0.05, 0.1) is 10.7 Å². The highest BCUT2D eigenvalue weighted by atomic mass is 32.1. The number of hydrogen-bond donors (Lipinski definition) is 2. The van der Waals surface area contributed by atoms with E-state index in [1.165, 1.54) is 41.3 Å². The first-order valence-corrected chi connectivity index (χ1v) is 10.3. The van der Waals surface area contributed by atoms with E-state index in [9.17, 15) is 0 Å². The van der Waals surface area contributed by atoms with E-state index in [0.29, 0.717) is 5.41 Å². The number of methoxy groups -OCH3 is 1. The molecule has 0 saturated heterocycles. The number of hydrogen-bond acceptors (Lipinski definition) is 4. The molecule has 0 spiro atoms. The summed E-state index contributed by atoms with van der Waals surface area (Å²) in [6.07, 6.45) is 8.34. The molecular formula is C19H34N4OS. The van der Waals surface area contributed by atoms with Crippen molar-refractivity contribution in [1.29, 1.82) is 0 Å². The maximum atomic E-state index is 5.32. The Hall–Kier alpha value is -1.14. The Morgan fingerprint density at radius 1 is 1.32 bits per heavy atom. The van der Waals surface area contributed by atoms with Gasteiger partial charge in [-0.2, -0.15) is 0 Å². The molecule has 142 valence electrons. The van der Waals surface area contributed by atoms with Crippen LogP contribution in [0.25, 0.3) is 0 Å². The fraction of sp³-hybridized carbons (Fsp3) is 0.789. The third-order valence-electron chi connectivity index (χ3n) is 5.26. The van der Waals surface area contributed by atoms with E-state index >= 15 is 0 Å². The Balaban J connectivity index is 1.77. The fourth-order valence-corrected chi connectivity index (χ4v) is 4.68. The van der Waals surface area contributed by atoms with E-state index in [0.717, 1.165) is 44.9 Å². The molecule has 1 heterocycles. The minimum atomic E-state index is 0.371. The van der Waals surface area contributed by atoms with Gasteiger partial charge in [-0.1, -0.05) is 19.8 Å². The summed E-state index contributed by atoms with van der Waals surface area (Å²) in [6.45, 7) is 7.01. The normalized spacial score (nSPS) is 17.0. The van der Waals surface area contributed by atoms with Crippen molar-refractivity contribution < 1.29 is 4.74 Å². The van der Waals surface area contributed by atoms with Gasteiger partial charge < -0.3 is 15.4 Å². The first-order valence-electron chi connectivity index (χ1n) is 9.51. The van der Waals surface area contributed by atoms with Gasteiger partial charge in [-0.25, -0.2) is 4.98 Å². The smallest absolute Gasteiger partial charge is 0.191 e. The van der Waals surface area contributed by atoms with E-state index in [4.69, 9.17) is 9.72 Å². The van der Waals surface area contributed by atoms with Crippen molar-refractivity contribution >= 4 is 17.3 Å². The highest BCUT2D eigenvalue weighted by Crippen LogP contribution is 2.40. The van der Waals surface area contributed by atoms with E-state index in [1.807, 2.05) is 18.4 Å². The summed E-state index contributed by atoms with van der Waals surface area (Å²) in [5, 5.41) is 8.19. The summed E-state index contributed by atoms with van der Waals surface area (Å²) in [4.78, 5) is 10.4. The lowest BCUT2D eigenvalue weighted by molar-refractivity contribution is 0.138. The monoisotopic (exact) mass is 366 g/mol. The molecule has 1 aliphatic carbocycles. The summed E-state index contributed by atoms with van der Waals surface area (Å²) in [5.41, 5.74) is 1.61. The average molecular weight is 367 g/mol. The molecule has 0 unspecified atom stereocenters. The van der Waals surface area contributed by atoms with Crippen LogP contribution in [0.4, 0.5) is 0 Å². The number of thiazole rings is 1. The highest BCUT2D eigenvalue weighted by Gasteiger charge is 2.33. The van der Waals surface area contributed by atoms with Gasteiger partial charge in [0.15, 0.2) is 5.96 Å². The number of aromatic nitrogens is 1. The highest BCUT2D eigenvalue weighted by molar-refractivity contribution is 7.11. The van der Waals surface area contributed by atoms with E-state index in [2.05, 4.69) is 29.5 Å². The largest absolute Gasteiger partial charge is 0.385 e. The van der Waals surface area contributed by atoms with Crippen molar-refractivity contribution in [3.8, 4) is 0 Å². The lowest BCUT2D eigenvalue weighted by atomic mass is 9.83. The van der Waals surface area contributed by atoms with Gasteiger partial charge >= 0.3 is 0 Å². The molecule has 2 N–H and O–H groups in total. The van der Waals surface area contributed by atoms with Gasteiger partial charge in [-0.15, -0.1) is 11.3 Å². The van der Waals surface area contributed by atoms with Crippen LogP contribution in [-0.4, -0.2) is 44.8 Å². The second-order valence-corrected chi connectivity index (χ2v) is 8.30. The third kappa shape index (κ3) is 5.96. The van der Waals surface area contributed by atoms with Crippen LogP contribution < -0.4 is 10.6 Å². The number of aliphatic imine (C=N–C) groups is 1. The van der Waals surface area contributed by atoms with Gasteiger partial charge in [0.1, 0.15) is 0 Å². The van der Waals surface area contributed by atoms with Crippen molar-refractivity contribution in [2.24, 2.45) is 10.4 Å². The van der Waals surface area contributed by atoms with Crippen molar-refractivity contribution in [2.75, 3.05) is 33.9 Å². The SMILES string of the molecule is CCc1nc(CCNC(=NC)NCC2(CCOC)CCCC2)sc1C. The van der Waals surface area contributed by atoms with Crippen LogP contribution >= 0.6 is 11.3 Å². The summed E-state index contributed by atoms with van der Waals surface area (Å²) in [6, 6.07) is 0. The number of aryl methyl sites for hydroxylation is 2. The maximum Gasteiger partial charge on any atom is 0.191 e. The summed E-state index contributed by atoms with van der Waals surface area (Å²) in [7, 11) is 3.63. The zero-order valence-corrected chi connectivity index (χ0v) is 17.1. The topological polar surface area (TPSA) is 58.5 Å². The first-order chi connectivity index (χ1) is 12.1. The predicted molar refractivity (Wildman–Crippen MR) is 107 cm³/mol. The standard InChI is InChI=1S/C19H34N4OS/c1-5-16-15(2)25-17(23-16)8-12-21-18(20-3)22-14-19(11-13-24-4)9-6-7-10-19/h5-14H2,1-4H3,(H2,20,21,22). The van der Waals surface area contributed by atoms with Crippen LogP contribution in [0.5, 0.6) is 0 Å². The second kappa shape index (κ2) is 10.1. The van der Waals surface area contributed by atoms with Gasteiger partial charge in [-0.3, -0.25) is 4.99 Å². The summed E-state index contributed by atoms with van der Waals surface area (Å²) < 4.78 is 5.32. The van der Waals surface area contributed by atoms with Crippen molar-refractivity contribution in [1.82, 2.24) is 15.6 Å². The minimum absolute atomic E-state index is 0.371. The van der Waals surface area contributed by atoms with Crippen LogP contribution in [0.1, 0.15) is 54.6 Å². The van der Waals surface area contributed by atoms with Crippen molar-refractivity contribution in [3.63, 3.8) is 0 Å². The number of nitrogens with one attached hydrogen (secondary N) is 2. The minimum Gasteiger partial charge on any atom is -0.385 e. The Bertz CT molecular complexity index is 550. The van der Waals surface area contributed by atoms with Gasteiger partial charge in [0, 0.05) is 45.2 Å². The molecule has 1 aromatic heterocycles. The molecule has 0 bridgehead atoms. The van der Waals surface area contributed by atoms with Gasteiger partial charge in [0.25, 0.3) is 0 Å². The first kappa shape index (κ1) is 20.2. The predicted octanol–water partition coefficient (Wildman–Crippen LogP) is 3.32. The molecule has 0 aromatic carbocycles. The van der Waals surface area contributed by atoms with E-state index in [-0.39, 0.29) is 0 Å². The second-order valence-electron chi connectivity index (χ2n) is 7.02. The summed E-state index contributed by atoms with van der Waals surface area (Å²) in [5.74, 6) is 0.896. The van der Waals surface area contributed by atoms with Gasteiger partial charge in [0.2, 0.25) is 0 Å². The van der Waals surface area contributed by atoms with Crippen LogP contribution in [0, 0.1) is 12.3 Å². The Labute approximate surface area is 156 Å². The van der Waals surface area contributed by atoms with Crippen LogP contribution in [0.2, 0.25) is 0 Å². The number of guanidine groups is 1.